The van der Waals surface area contributed by atoms with Crippen LogP contribution in [0.3, 0.4) is 0 Å². The van der Waals surface area contributed by atoms with E-state index in [-0.39, 0.29) is 6.10 Å². The Bertz CT molecular complexity index is 726. The van der Waals surface area contributed by atoms with E-state index in [0.717, 1.165) is 70.0 Å². The van der Waals surface area contributed by atoms with Gasteiger partial charge in [0, 0.05) is 57.4 Å². The fourth-order valence-corrected chi connectivity index (χ4v) is 5.39. The van der Waals surface area contributed by atoms with Crippen molar-refractivity contribution in [2.75, 3.05) is 53.4 Å². The number of hydrogen-bond acceptors (Lipinski definition) is 6. The van der Waals surface area contributed by atoms with E-state index >= 15 is 0 Å². The number of likely N-dealkylation sites (tertiary alicyclic amines) is 1. The van der Waals surface area contributed by atoms with Gasteiger partial charge in [0.25, 0.3) is 0 Å². The Kier molecular flexibility index (Phi) is 5.88. The molecule has 2 aliphatic heterocycles. The molecule has 4 atom stereocenters. The Labute approximate surface area is 168 Å². The Morgan fingerprint density at radius 1 is 1.14 bits per heavy atom. The van der Waals surface area contributed by atoms with Crippen LogP contribution in [-0.2, 0) is 6.54 Å². The number of rotatable bonds is 4. The van der Waals surface area contributed by atoms with E-state index < -0.39 is 0 Å². The summed E-state index contributed by atoms with van der Waals surface area (Å²) in [6.07, 6.45) is 1.80. The molecule has 152 valence electrons. The predicted octanol–water partition coefficient (Wildman–Crippen LogP) is 1.39. The third kappa shape index (κ3) is 4.04. The molecule has 2 heterocycles. The Balaban J connectivity index is 1.40. The van der Waals surface area contributed by atoms with Gasteiger partial charge in [0.15, 0.2) is 0 Å². The van der Waals surface area contributed by atoms with Crippen LogP contribution < -0.4 is 4.74 Å². The SMILES string of the molecule is COc1ccc(C#N)cc1CN1C[C@H]2C[C@@H](N3CCN(C)CC3)[C@H](O)C[C@H]2C1. The largest absolute Gasteiger partial charge is 0.496 e. The van der Waals surface area contributed by atoms with Gasteiger partial charge in [-0.25, -0.2) is 0 Å². The molecule has 6 heteroatoms. The molecule has 0 unspecified atom stereocenters. The molecule has 3 fully saturated rings. The molecular weight excluding hydrogens is 352 g/mol. The van der Waals surface area contributed by atoms with E-state index in [9.17, 15) is 10.4 Å². The molecule has 0 spiro atoms. The van der Waals surface area contributed by atoms with Crippen LogP contribution in [0, 0.1) is 23.2 Å². The number of fused-ring (bicyclic) bond motifs is 1. The number of nitriles is 1. The lowest BCUT2D eigenvalue weighted by atomic mass is 9.77. The number of benzene rings is 1. The minimum atomic E-state index is -0.207. The second-order valence-electron chi connectivity index (χ2n) is 8.80. The molecule has 3 aliphatic rings. The maximum absolute atomic E-state index is 10.8. The molecule has 1 saturated carbocycles. The molecule has 4 rings (SSSR count). The summed E-state index contributed by atoms with van der Waals surface area (Å²) in [5.41, 5.74) is 1.76. The van der Waals surface area contributed by atoms with Gasteiger partial charge in [-0.2, -0.15) is 5.26 Å². The Hall–Kier alpha value is -1.65. The lowest BCUT2D eigenvalue weighted by molar-refractivity contribution is -0.0249. The third-order valence-corrected chi connectivity index (χ3v) is 7.00. The number of aliphatic hydroxyl groups excluding tert-OH is 1. The van der Waals surface area contributed by atoms with Crippen LogP contribution in [0.15, 0.2) is 18.2 Å². The van der Waals surface area contributed by atoms with Crippen LogP contribution in [-0.4, -0.2) is 85.4 Å². The van der Waals surface area contributed by atoms with E-state index in [1.54, 1.807) is 7.11 Å². The van der Waals surface area contributed by atoms with Crippen molar-refractivity contribution in [2.24, 2.45) is 11.8 Å². The van der Waals surface area contributed by atoms with E-state index in [0.29, 0.717) is 23.4 Å². The van der Waals surface area contributed by atoms with Gasteiger partial charge in [-0.05, 0) is 49.9 Å². The fraction of sp³-hybridized carbons (Fsp3) is 0.682. The van der Waals surface area contributed by atoms with E-state index in [1.807, 2.05) is 18.2 Å². The van der Waals surface area contributed by atoms with Gasteiger partial charge in [0.1, 0.15) is 5.75 Å². The summed E-state index contributed by atoms with van der Waals surface area (Å²) in [6, 6.07) is 8.19. The first-order chi connectivity index (χ1) is 13.6. The van der Waals surface area contributed by atoms with Gasteiger partial charge >= 0.3 is 0 Å². The molecule has 6 nitrogen and oxygen atoms in total. The van der Waals surface area contributed by atoms with Crippen molar-refractivity contribution in [1.82, 2.24) is 14.7 Å². The summed E-state index contributed by atoms with van der Waals surface area (Å²) in [6.45, 7) is 7.23. The van der Waals surface area contributed by atoms with Gasteiger partial charge < -0.3 is 14.7 Å². The lowest BCUT2D eigenvalue weighted by Gasteiger charge is -2.44. The molecule has 1 aliphatic carbocycles. The fourth-order valence-electron chi connectivity index (χ4n) is 5.39. The topological polar surface area (TPSA) is 63.0 Å². The first-order valence-corrected chi connectivity index (χ1v) is 10.5. The van der Waals surface area contributed by atoms with Gasteiger partial charge in [-0.3, -0.25) is 9.80 Å². The summed E-state index contributed by atoms with van der Waals surface area (Å²) in [5, 5.41) is 20.0. The molecule has 2 saturated heterocycles. The first-order valence-electron chi connectivity index (χ1n) is 10.5. The molecule has 1 N–H and O–H groups in total. The number of likely N-dealkylation sites (N-methyl/N-ethyl adjacent to an activating group) is 1. The molecule has 0 bridgehead atoms. The molecule has 1 aromatic carbocycles. The van der Waals surface area contributed by atoms with Crippen LogP contribution in [0.4, 0.5) is 0 Å². The summed E-state index contributed by atoms with van der Waals surface area (Å²) < 4.78 is 5.51. The van der Waals surface area contributed by atoms with Crippen molar-refractivity contribution in [3.05, 3.63) is 29.3 Å². The highest BCUT2D eigenvalue weighted by atomic mass is 16.5. The van der Waals surface area contributed by atoms with Crippen LogP contribution in [0.1, 0.15) is 24.0 Å². The molecule has 1 aromatic rings. The van der Waals surface area contributed by atoms with Gasteiger partial charge in [-0.1, -0.05) is 0 Å². The van der Waals surface area contributed by atoms with Crippen molar-refractivity contribution in [3.8, 4) is 11.8 Å². The van der Waals surface area contributed by atoms with E-state index in [1.165, 1.54) is 0 Å². The Morgan fingerprint density at radius 3 is 2.54 bits per heavy atom. The van der Waals surface area contributed by atoms with E-state index in [2.05, 4.69) is 27.8 Å². The summed E-state index contributed by atoms with van der Waals surface area (Å²) in [7, 11) is 3.86. The zero-order chi connectivity index (χ0) is 19.7. The van der Waals surface area contributed by atoms with Crippen molar-refractivity contribution in [1.29, 1.82) is 5.26 Å². The molecule has 28 heavy (non-hydrogen) atoms. The van der Waals surface area contributed by atoms with Crippen LogP contribution in [0.25, 0.3) is 0 Å². The van der Waals surface area contributed by atoms with Crippen molar-refractivity contribution in [2.45, 2.75) is 31.5 Å². The zero-order valence-corrected chi connectivity index (χ0v) is 17.0. The molecular formula is C22H32N4O2. The van der Waals surface area contributed by atoms with Crippen molar-refractivity contribution < 1.29 is 9.84 Å². The third-order valence-electron chi connectivity index (χ3n) is 7.00. The first kappa shape index (κ1) is 19.7. The lowest BCUT2D eigenvalue weighted by Crippen LogP contribution is -2.55. The molecule has 0 amide bonds. The number of aliphatic hydroxyl groups is 1. The highest BCUT2D eigenvalue weighted by molar-refractivity contribution is 5.42. The smallest absolute Gasteiger partial charge is 0.123 e. The highest BCUT2D eigenvalue weighted by Crippen LogP contribution is 2.39. The number of nitrogens with zero attached hydrogens (tertiary/aromatic N) is 4. The van der Waals surface area contributed by atoms with Crippen LogP contribution in [0.2, 0.25) is 0 Å². The second kappa shape index (κ2) is 8.38. The minimum absolute atomic E-state index is 0.207. The summed E-state index contributed by atoms with van der Waals surface area (Å²) in [5.74, 6) is 2.08. The van der Waals surface area contributed by atoms with Gasteiger partial charge in [0.2, 0.25) is 0 Å². The number of piperazine rings is 1. The molecule has 0 aromatic heterocycles. The highest BCUT2D eigenvalue weighted by Gasteiger charge is 2.43. The minimum Gasteiger partial charge on any atom is -0.496 e. The number of methoxy groups -OCH3 is 1. The van der Waals surface area contributed by atoms with Gasteiger partial charge in [0.05, 0.1) is 24.8 Å². The van der Waals surface area contributed by atoms with Crippen molar-refractivity contribution in [3.63, 3.8) is 0 Å². The normalized spacial score (nSPS) is 32.1. The van der Waals surface area contributed by atoms with E-state index in [4.69, 9.17) is 4.74 Å². The number of hydrogen-bond donors (Lipinski definition) is 1. The Morgan fingerprint density at radius 2 is 1.86 bits per heavy atom. The summed E-state index contributed by atoms with van der Waals surface area (Å²) >= 11 is 0. The number of ether oxygens (including phenoxy) is 1. The molecule has 0 radical (unpaired) electrons. The summed E-state index contributed by atoms with van der Waals surface area (Å²) in [4.78, 5) is 7.37. The van der Waals surface area contributed by atoms with Gasteiger partial charge in [-0.15, -0.1) is 0 Å². The maximum atomic E-state index is 10.8. The second-order valence-corrected chi connectivity index (χ2v) is 8.80. The zero-order valence-electron chi connectivity index (χ0n) is 17.0. The maximum Gasteiger partial charge on any atom is 0.123 e. The predicted molar refractivity (Wildman–Crippen MR) is 108 cm³/mol. The average molecular weight is 385 g/mol. The average Bonchev–Trinajstić information content (AvgIpc) is 3.09. The monoisotopic (exact) mass is 384 g/mol. The standard InChI is InChI=1S/C22H32N4O2/c1-24-5-7-26(8-6-24)20-10-17-13-25(14-18(17)11-21(20)27)15-19-9-16(12-23)3-4-22(19)28-2/h3-4,9,17-18,20-21,27H,5-8,10-11,13-15H2,1-2H3/t17-,18+,20-,21-/m1/s1. The quantitative estimate of drug-likeness (QED) is 0.846. The van der Waals surface area contributed by atoms with Crippen LogP contribution in [0.5, 0.6) is 5.75 Å². The van der Waals surface area contributed by atoms with Crippen molar-refractivity contribution >= 4 is 0 Å². The van der Waals surface area contributed by atoms with Crippen LogP contribution >= 0.6 is 0 Å².